The van der Waals surface area contributed by atoms with Crippen molar-refractivity contribution in [2.24, 2.45) is 7.05 Å². The van der Waals surface area contributed by atoms with Gasteiger partial charge in [0, 0.05) is 35.2 Å². The normalized spacial score (nSPS) is 12.5. The first-order chi connectivity index (χ1) is 13.3. The molecule has 3 aromatic rings. The van der Waals surface area contributed by atoms with E-state index in [-0.39, 0.29) is 24.6 Å². The topological polar surface area (TPSA) is 62.5 Å². The minimum atomic E-state index is -3.70. The highest BCUT2D eigenvalue weighted by Gasteiger charge is 2.25. The van der Waals surface area contributed by atoms with Gasteiger partial charge in [-0.15, -0.1) is 0 Å². The average Bonchev–Trinajstić information content (AvgIpc) is 2.96. The third-order valence-corrected chi connectivity index (χ3v) is 6.74. The van der Waals surface area contributed by atoms with Gasteiger partial charge in [0.25, 0.3) is 0 Å². The van der Waals surface area contributed by atoms with Gasteiger partial charge in [-0.05, 0) is 43.3 Å². The zero-order chi connectivity index (χ0) is 20.3. The van der Waals surface area contributed by atoms with Crippen molar-refractivity contribution < 1.29 is 13.5 Å². The summed E-state index contributed by atoms with van der Waals surface area (Å²) in [6.45, 7) is 2.15. The quantitative estimate of drug-likeness (QED) is 0.592. The van der Waals surface area contributed by atoms with Gasteiger partial charge in [-0.2, -0.15) is 4.31 Å². The number of aliphatic hydroxyl groups excluding tert-OH is 1. The standard InChI is InChI=1S/C21H23ClN2O3S/c1-16-5-8-20(9-6-16)28(26,27)24(11-3-4-12-25)15-19-14-17-13-18(22)7-10-21(17)23(19)2/h3-10,13-14,25H,11-12,15H2,1-2H3/b4-3-. The van der Waals surface area contributed by atoms with E-state index in [1.54, 1.807) is 36.4 Å². The molecule has 0 aliphatic carbocycles. The van der Waals surface area contributed by atoms with E-state index in [0.29, 0.717) is 5.02 Å². The maximum Gasteiger partial charge on any atom is 0.243 e. The SMILES string of the molecule is Cc1ccc(S(=O)(=O)N(C/C=C\CO)Cc2cc3cc(Cl)ccc3n2C)cc1. The van der Waals surface area contributed by atoms with Crippen molar-refractivity contribution in [3.63, 3.8) is 0 Å². The molecular weight excluding hydrogens is 396 g/mol. The number of aliphatic hydroxyl groups is 1. The van der Waals surface area contributed by atoms with Gasteiger partial charge in [0.2, 0.25) is 10.0 Å². The fourth-order valence-corrected chi connectivity index (χ4v) is 4.63. The van der Waals surface area contributed by atoms with Gasteiger partial charge in [0.15, 0.2) is 0 Å². The zero-order valence-corrected chi connectivity index (χ0v) is 17.4. The van der Waals surface area contributed by atoms with Crippen molar-refractivity contribution in [2.75, 3.05) is 13.2 Å². The van der Waals surface area contributed by atoms with Crippen molar-refractivity contribution in [2.45, 2.75) is 18.4 Å². The lowest BCUT2D eigenvalue weighted by Crippen LogP contribution is -2.31. The molecule has 1 N–H and O–H groups in total. The number of nitrogens with zero attached hydrogens (tertiary/aromatic N) is 2. The molecule has 148 valence electrons. The molecule has 0 aliphatic rings. The Balaban J connectivity index is 1.99. The average molecular weight is 419 g/mol. The molecule has 0 spiro atoms. The molecule has 0 amide bonds. The lowest BCUT2D eigenvalue weighted by atomic mass is 10.2. The summed E-state index contributed by atoms with van der Waals surface area (Å²) in [5.74, 6) is 0. The van der Waals surface area contributed by atoms with E-state index in [0.717, 1.165) is 22.2 Å². The maximum absolute atomic E-state index is 13.2. The van der Waals surface area contributed by atoms with Crippen LogP contribution in [-0.4, -0.2) is 35.5 Å². The van der Waals surface area contributed by atoms with Crippen molar-refractivity contribution in [1.29, 1.82) is 0 Å². The number of aromatic nitrogens is 1. The lowest BCUT2D eigenvalue weighted by Gasteiger charge is -2.21. The Labute approximate surface area is 170 Å². The minimum absolute atomic E-state index is 0.134. The molecule has 3 rings (SSSR count). The predicted molar refractivity (Wildman–Crippen MR) is 113 cm³/mol. The van der Waals surface area contributed by atoms with Crippen LogP contribution >= 0.6 is 11.6 Å². The molecular formula is C21H23ClN2O3S. The van der Waals surface area contributed by atoms with Crippen LogP contribution in [0.15, 0.2) is 65.6 Å². The van der Waals surface area contributed by atoms with Gasteiger partial charge in [0.1, 0.15) is 0 Å². The Morgan fingerprint density at radius 3 is 2.50 bits per heavy atom. The highest BCUT2D eigenvalue weighted by molar-refractivity contribution is 7.89. The number of fused-ring (bicyclic) bond motifs is 1. The van der Waals surface area contributed by atoms with E-state index in [1.165, 1.54) is 4.31 Å². The number of sulfonamides is 1. The number of benzene rings is 2. The second kappa shape index (κ2) is 8.49. The third kappa shape index (κ3) is 4.31. The first-order valence-corrected chi connectivity index (χ1v) is 10.7. The van der Waals surface area contributed by atoms with E-state index in [9.17, 15) is 8.42 Å². The van der Waals surface area contributed by atoms with Crippen molar-refractivity contribution >= 4 is 32.5 Å². The summed E-state index contributed by atoms with van der Waals surface area (Å²) in [4.78, 5) is 0.248. The maximum atomic E-state index is 13.2. The van der Waals surface area contributed by atoms with Crippen LogP contribution < -0.4 is 0 Å². The van der Waals surface area contributed by atoms with E-state index in [4.69, 9.17) is 16.7 Å². The first kappa shape index (κ1) is 20.6. The fraction of sp³-hybridized carbons (Fsp3) is 0.238. The van der Waals surface area contributed by atoms with Gasteiger partial charge in [0.05, 0.1) is 18.0 Å². The van der Waals surface area contributed by atoms with Gasteiger partial charge in [-0.25, -0.2) is 8.42 Å². The van der Waals surface area contributed by atoms with Gasteiger partial charge >= 0.3 is 0 Å². The summed E-state index contributed by atoms with van der Waals surface area (Å²) < 4.78 is 29.8. The number of rotatable bonds is 7. The highest BCUT2D eigenvalue weighted by atomic mass is 35.5. The molecule has 1 aromatic heterocycles. The van der Waals surface area contributed by atoms with Gasteiger partial charge in [-0.1, -0.05) is 41.4 Å². The summed E-state index contributed by atoms with van der Waals surface area (Å²) in [5.41, 5.74) is 2.83. The van der Waals surface area contributed by atoms with Crippen molar-refractivity contribution in [1.82, 2.24) is 8.87 Å². The Bertz CT molecular complexity index is 1100. The molecule has 0 fully saturated rings. The molecule has 0 aliphatic heterocycles. The zero-order valence-electron chi connectivity index (χ0n) is 15.8. The Morgan fingerprint density at radius 1 is 1.11 bits per heavy atom. The Hall–Kier alpha value is -2.12. The lowest BCUT2D eigenvalue weighted by molar-refractivity contribution is 0.341. The molecule has 1 heterocycles. The van der Waals surface area contributed by atoms with Crippen LogP contribution in [-0.2, 0) is 23.6 Å². The van der Waals surface area contributed by atoms with Crippen LogP contribution in [0.2, 0.25) is 5.02 Å². The van der Waals surface area contributed by atoms with Crippen molar-refractivity contribution in [3.05, 3.63) is 77.0 Å². The van der Waals surface area contributed by atoms with Gasteiger partial charge in [-0.3, -0.25) is 0 Å². The highest BCUT2D eigenvalue weighted by Crippen LogP contribution is 2.25. The second-order valence-electron chi connectivity index (χ2n) is 6.66. The van der Waals surface area contributed by atoms with Crippen LogP contribution in [0, 0.1) is 6.92 Å². The minimum Gasteiger partial charge on any atom is -0.392 e. The largest absolute Gasteiger partial charge is 0.392 e. The fourth-order valence-electron chi connectivity index (χ4n) is 3.08. The first-order valence-electron chi connectivity index (χ1n) is 8.89. The number of hydrogen-bond acceptors (Lipinski definition) is 3. The molecule has 0 bridgehead atoms. The van der Waals surface area contributed by atoms with E-state index in [2.05, 4.69) is 0 Å². The van der Waals surface area contributed by atoms with Crippen LogP contribution in [0.5, 0.6) is 0 Å². The number of halogens is 1. The van der Waals surface area contributed by atoms with Crippen LogP contribution in [0.25, 0.3) is 10.9 Å². The van der Waals surface area contributed by atoms with Crippen molar-refractivity contribution in [3.8, 4) is 0 Å². The molecule has 5 nitrogen and oxygen atoms in total. The van der Waals surface area contributed by atoms with Crippen LogP contribution in [0.3, 0.4) is 0 Å². The van der Waals surface area contributed by atoms with Crippen LogP contribution in [0.1, 0.15) is 11.3 Å². The molecule has 28 heavy (non-hydrogen) atoms. The predicted octanol–water partition coefficient (Wildman–Crippen LogP) is 3.88. The summed E-state index contributed by atoms with van der Waals surface area (Å²) in [5, 5.41) is 10.6. The molecule has 7 heteroatoms. The smallest absolute Gasteiger partial charge is 0.243 e. The van der Waals surface area contributed by atoms with E-state index >= 15 is 0 Å². The van der Waals surface area contributed by atoms with E-state index in [1.807, 2.05) is 42.8 Å². The third-order valence-electron chi connectivity index (χ3n) is 4.68. The molecule has 0 saturated heterocycles. The molecule has 0 saturated carbocycles. The summed E-state index contributed by atoms with van der Waals surface area (Å²) in [6.07, 6.45) is 3.20. The summed E-state index contributed by atoms with van der Waals surface area (Å²) >= 11 is 6.09. The summed E-state index contributed by atoms with van der Waals surface area (Å²) in [6, 6.07) is 14.4. The Kier molecular flexibility index (Phi) is 6.25. The second-order valence-corrected chi connectivity index (χ2v) is 9.04. The Morgan fingerprint density at radius 2 is 1.82 bits per heavy atom. The molecule has 0 atom stereocenters. The molecule has 2 aromatic carbocycles. The monoisotopic (exact) mass is 418 g/mol. The number of aryl methyl sites for hydroxylation is 2. The molecule has 0 radical (unpaired) electrons. The summed E-state index contributed by atoms with van der Waals surface area (Å²) in [7, 11) is -1.79. The molecule has 0 unspecified atom stereocenters. The van der Waals surface area contributed by atoms with Gasteiger partial charge < -0.3 is 9.67 Å². The van der Waals surface area contributed by atoms with E-state index < -0.39 is 10.0 Å². The van der Waals surface area contributed by atoms with Crippen LogP contribution in [0.4, 0.5) is 0 Å². The number of hydrogen-bond donors (Lipinski definition) is 1.